The van der Waals surface area contributed by atoms with Gasteiger partial charge < -0.3 is 0 Å². The third kappa shape index (κ3) is 21.2. The second kappa shape index (κ2) is 26.1. The molecule has 0 aliphatic carbocycles. The molecule has 0 saturated heterocycles. The Kier molecular flexibility index (Phi) is 23.2. The summed E-state index contributed by atoms with van der Waals surface area (Å²) in [4.78, 5) is 50.4. The van der Waals surface area contributed by atoms with Crippen LogP contribution in [-0.2, 0) is 14.4 Å². The van der Waals surface area contributed by atoms with E-state index in [2.05, 4.69) is 51.7 Å². The van der Waals surface area contributed by atoms with E-state index in [0.717, 1.165) is 57.8 Å². The first-order valence-electron chi connectivity index (χ1n) is 17.1. The fourth-order valence-corrected chi connectivity index (χ4v) is 4.83. The zero-order valence-electron chi connectivity index (χ0n) is 27.0. The van der Waals surface area contributed by atoms with Crippen molar-refractivity contribution in [2.75, 3.05) is 16.0 Å². The van der Waals surface area contributed by atoms with Gasteiger partial charge in [0.1, 0.15) is 0 Å². The number of nitrogens with zero attached hydrogens (tertiary/aromatic N) is 3. The van der Waals surface area contributed by atoms with E-state index >= 15 is 0 Å². The Balaban J connectivity index is 2.64. The van der Waals surface area contributed by atoms with E-state index in [1.54, 1.807) is 0 Å². The van der Waals surface area contributed by atoms with Crippen molar-refractivity contribution in [2.45, 2.75) is 175 Å². The molecule has 0 fully saturated rings. The van der Waals surface area contributed by atoms with Crippen molar-refractivity contribution >= 4 is 35.6 Å². The highest BCUT2D eigenvalue weighted by atomic mass is 16.2. The largest absolute Gasteiger partial charge is 0.294 e. The average Bonchev–Trinajstić information content (AvgIpc) is 2.95. The average molecular weight is 589 g/mol. The smallest absolute Gasteiger partial charge is 0.236 e. The lowest BCUT2D eigenvalue weighted by Crippen LogP contribution is -2.20. The molecule has 3 N–H and O–H groups in total. The minimum atomic E-state index is -0.185. The van der Waals surface area contributed by atoms with Crippen LogP contribution in [0.4, 0.5) is 17.8 Å². The van der Waals surface area contributed by atoms with Gasteiger partial charge in [0.05, 0.1) is 0 Å². The Morgan fingerprint density at radius 2 is 0.595 bits per heavy atom. The van der Waals surface area contributed by atoms with Crippen LogP contribution in [-0.4, -0.2) is 32.7 Å². The van der Waals surface area contributed by atoms with Crippen molar-refractivity contribution in [3.8, 4) is 0 Å². The van der Waals surface area contributed by atoms with Gasteiger partial charge in [-0.3, -0.25) is 30.3 Å². The van der Waals surface area contributed by atoms with E-state index in [1.165, 1.54) is 77.0 Å². The first-order chi connectivity index (χ1) is 20.5. The number of amides is 3. The molecule has 9 heteroatoms. The van der Waals surface area contributed by atoms with Gasteiger partial charge in [0.25, 0.3) is 0 Å². The van der Waals surface area contributed by atoms with Crippen LogP contribution in [0.3, 0.4) is 0 Å². The summed E-state index contributed by atoms with van der Waals surface area (Å²) in [5.74, 6) is -0.442. The van der Waals surface area contributed by atoms with E-state index in [9.17, 15) is 14.4 Å². The van der Waals surface area contributed by atoms with Crippen molar-refractivity contribution in [3.05, 3.63) is 0 Å². The molecular formula is C33H60N6O3. The van der Waals surface area contributed by atoms with Gasteiger partial charge in [-0.05, 0) is 19.3 Å². The van der Waals surface area contributed by atoms with Crippen LogP contribution in [0, 0.1) is 0 Å². The summed E-state index contributed by atoms with van der Waals surface area (Å²) < 4.78 is 0. The van der Waals surface area contributed by atoms with Crippen LogP contribution >= 0.6 is 0 Å². The Labute approximate surface area is 255 Å². The molecule has 3 amide bonds. The van der Waals surface area contributed by atoms with Crippen molar-refractivity contribution in [3.63, 3.8) is 0 Å². The van der Waals surface area contributed by atoms with Crippen molar-refractivity contribution in [2.24, 2.45) is 0 Å². The third-order valence-electron chi connectivity index (χ3n) is 7.41. The molecule has 0 unspecified atom stereocenters. The van der Waals surface area contributed by atoms with Gasteiger partial charge in [0, 0.05) is 19.3 Å². The van der Waals surface area contributed by atoms with Gasteiger partial charge in [-0.2, -0.15) is 15.0 Å². The summed E-state index contributed by atoms with van der Waals surface area (Å²) in [6.45, 7) is 6.60. The number of carbonyl (C=O) groups is 3. The quantitative estimate of drug-likeness (QED) is 0.0880. The number of hydrogen-bond acceptors (Lipinski definition) is 6. The number of carbonyl (C=O) groups excluding carboxylic acids is 3. The highest BCUT2D eigenvalue weighted by molar-refractivity contribution is 5.92. The maximum Gasteiger partial charge on any atom is 0.236 e. The molecule has 0 aliphatic rings. The summed E-state index contributed by atoms with van der Waals surface area (Å²) in [6, 6.07) is 0. The summed E-state index contributed by atoms with van der Waals surface area (Å²) in [5.41, 5.74) is 0. The van der Waals surface area contributed by atoms with Crippen LogP contribution in [0.25, 0.3) is 0 Å². The molecule has 0 atom stereocenters. The van der Waals surface area contributed by atoms with Gasteiger partial charge in [0.15, 0.2) is 0 Å². The molecule has 9 nitrogen and oxygen atoms in total. The highest BCUT2D eigenvalue weighted by Crippen LogP contribution is 2.15. The second-order valence-electron chi connectivity index (χ2n) is 11.6. The minimum absolute atomic E-state index is 0.0374. The third-order valence-corrected chi connectivity index (χ3v) is 7.41. The van der Waals surface area contributed by atoms with Gasteiger partial charge in [-0.1, -0.05) is 136 Å². The fraction of sp³-hybridized carbons (Fsp3) is 0.818. The number of hydrogen-bond donors (Lipinski definition) is 3. The summed E-state index contributed by atoms with van der Waals surface area (Å²) >= 11 is 0. The molecule has 1 aromatic heterocycles. The van der Waals surface area contributed by atoms with Crippen molar-refractivity contribution < 1.29 is 14.4 Å². The molecule has 0 aromatic carbocycles. The lowest BCUT2D eigenvalue weighted by atomic mass is 10.1. The zero-order chi connectivity index (χ0) is 30.7. The van der Waals surface area contributed by atoms with Gasteiger partial charge >= 0.3 is 0 Å². The Bertz CT molecular complexity index is 742. The molecule has 0 aliphatic heterocycles. The number of aromatic nitrogens is 3. The predicted octanol–water partition coefficient (Wildman–Crippen LogP) is 9.11. The lowest BCUT2D eigenvalue weighted by Gasteiger charge is -2.10. The van der Waals surface area contributed by atoms with E-state index in [1.807, 2.05) is 0 Å². The van der Waals surface area contributed by atoms with Crippen LogP contribution in [0.1, 0.15) is 175 Å². The normalized spacial score (nSPS) is 10.9. The molecule has 0 saturated carbocycles. The maximum atomic E-state index is 12.6. The van der Waals surface area contributed by atoms with Gasteiger partial charge in [-0.25, -0.2) is 0 Å². The Morgan fingerprint density at radius 1 is 0.381 bits per heavy atom. The number of rotatable bonds is 27. The maximum absolute atomic E-state index is 12.6. The Morgan fingerprint density at radius 3 is 0.833 bits per heavy atom. The van der Waals surface area contributed by atoms with E-state index in [0.29, 0.717) is 19.3 Å². The summed E-state index contributed by atoms with van der Waals surface area (Å²) in [5, 5.41) is 8.19. The van der Waals surface area contributed by atoms with Crippen molar-refractivity contribution in [1.82, 2.24) is 15.0 Å². The van der Waals surface area contributed by atoms with E-state index in [4.69, 9.17) is 0 Å². The molecule has 1 rings (SSSR count). The SMILES string of the molecule is CCCCCCCCCC(=O)Nc1nc(NC(=O)CCCCCCCCC)nc(NC(=O)CCCCCCCCC)n1. The van der Waals surface area contributed by atoms with Gasteiger partial charge in [-0.15, -0.1) is 0 Å². The minimum Gasteiger partial charge on any atom is -0.294 e. The van der Waals surface area contributed by atoms with E-state index < -0.39 is 0 Å². The van der Waals surface area contributed by atoms with Crippen LogP contribution < -0.4 is 16.0 Å². The predicted molar refractivity (Wildman–Crippen MR) is 174 cm³/mol. The van der Waals surface area contributed by atoms with Gasteiger partial charge in [0.2, 0.25) is 35.6 Å². The standard InChI is InChI=1S/C33H60N6O3/c1-4-7-10-13-16-19-22-25-28(40)34-31-37-32(35-29(41)26-23-20-17-14-11-8-5-2)39-33(38-31)36-30(42)27-24-21-18-15-12-9-6-3/h4-27H2,1-3H3,(H3,34,35,36,37,38,39,40,41,42). The Hall–Kier alpha value is -2.58. The summed E-state index contributed by atoms with van der Waals surface area (Å²) in [7, 11) is 0. The zero-order valence-corrected chi connectivity index (χ0v) is 27.0. The fourth-order valence-electron chi connectivity index (χ4n) is 4.83. The van der Waals surface area contributed by atoms with Crippen molar-refractivity contribution in [1.29, 1.82) is 0 Å². The molecule has 1 heterocycles. The van der Waals surface area contributed by atoms with Crippen LogP contribution in [0.5, 0.6) is 0 Å². The molecular weight excluding hydrogens is 528 g/mol. The molecule has 0 spiro atoms. The molecule has 0 bridgehead atoms. The molecule has 42 heavy (non-hydrogen) atoms. The first-order valence-corrected chi connectivity index (χ1v) is 17.1. The molecule has 240 valence electrons. The topological polar surface area (TPSA) is 126 Å². The number of unbranched alkanes of at least 4 members (excludes halogenated alkanes) is 18. The number of anilines is 3. The van der Waals surface area contributed by atoms with Crippen LogP contribution in [0.15, 0.2) is 0 Å². The highest BCUT2D eigenvalue weighted by Gasteiger charge is 2.14. The molecule has 1 aromatic rings. The van der Waals surface area contributed by atoms with E-state index in [-0.39, 0.29) is 35.6 Å². The molecule has 0 radical (unpaired) electrons. The number of nitrogens with one attached hydrogen (secondary N) is 3. The summed E-state index contributed by atoms with van der Waals surface area (Å²) in [6.07, 6.45) is 24.7. The lowest BCUT2D eigenvalue weighted by molar-refractivity contribution is -0.117. The second-order valence-corrected chi connectivity index (χ2v) is 11.6. The monoisotopic (exact) mass is 588 g/mol. The first kappa shape index (κ1) is 37.4. The van der Waals surface area contributed by atoms with Crippen LogP contribution in [0.2, 0.25) is 0 Å².